The number of ketones is 1. The summed E-state index contributed by atoms with van der Waals surface area (Å²) in [5, 5.41) is 0. The molecule has 1 aliphatic heterocycles. The van der Waals surface area contributed by atoms with Crippen molar-refractivity contribution in [3.63, 3.8) is 0 Å². The smallest absolute Gasteiger partial charge is 0.133 e. The molecule has 132 valence electrons. The van der Waals surface area contributed by atoms with E-state index in [2.05, 4.69) is 42.8 Å². The lowest BCUT2D eigenvalue weighted by Gasteiger charge is -2.27. The van der Waals surface area contributed by atoms with Gasteiger partial charge in [-0.3, -0.25) is 0 Å². The number of carbonyl (C=O) groups excluding carboxylic acids is 2. The Morgan fingerprint density at radius 2 is 1.83 bits per heavy atom. The average Bonchev–Trinajstić information content (AvgIpc) is 2.56. The van der Waals surface area contributed by atoms with Gasteiger partial charge in [0.25, 0.3) is 0 Å². The Labute approximate surface area is 142 Å². The van der Waals surface area contributed by atoms with Crippen molar-refractivity contribution in [2.24, 2.45) is 5.73 Å². The molecule has 0 unspecified atom stereocenters. The monoisotopic (exact) mass is 322 g/mol. The van der Waals surface area contributed by atoms with Crippen LogP contribution in [0.2, 0.25) is 0 Å². The first-order valence-corrected chi connectivity index (χ1v) is 8.40. The number of hydrogen-bond donors (Lipinski definition) is 1. The van der Waals surface area contributed by atoms with Crippen molar-refractivity contribution in [1.82, 2.24) is 0 Å². The number of rotatable bonds is 2. The minimum Gasteiger partial charge on any atom is -0.374 e. The zero-order valence-corrected chi connectivity index (χ0v) is 15.7. The number of anilines is 1. The van der Waals surface area contributed by atoms with Gasteiger partial charge in [0.1, 0.15) is 12.1 Å². The molecule has 0 saturated carbocycles. The number of nitrogens with two attached hydrogens (primary N) is 1. The number of Topliss-reactive ketones (excluding diaryl/α,β-unsaturated/α-hetero) is 1. The van der Waals surface area contributed by atoms with Crippen LogP contribution in [0.5, 0.6) is 0 Å². The molecule has 1 heterocycles. The summed E-state index contributed by atoms with van der Waals surface area (Å²) >= 11 is 0. The topological polar surface area (TPSA) is 63.4 Å². The molecule has 1 aromatic carbocycles. The second-order valence-electron chi connectivity index (χ2n) is 5.15. The molecular weight excluding hydrogens is 288 g/mol. The maximum absolute atomic E-state index is 9.44. The van der Waals surface area contributed by atoms with Gasteiger partial charge in [-0.1, -0.05) is 32.9 Å². The van der Waals surface area contributed by atoms with E-state index in [9.17, 15) is 4.79 Å². The number of fused-ring (bicyclic) bond motifs is 1. The molecule has 0 saturated heterocycles. The second kappa shape index (κ2) is 15.2. The van der Waals surface area contributed by atoms with Gasteiger partial charge >= 0.3 is 0 Å². The third-order valence-electron chi connectivity index (χ3n) is 3.01. The van der Waals surface area contributed by atoms with Gasteiger partial charge in [-0.15, -0.1) is 0 Å². The molecular formula is C19H34N2O2. The number of carbonyl (C=O) groups is 2. The molecule has 0 aromatic heterocycles. The van der Waals surface area contributed by atoms with Gasteiger partial charge in [0.2, 0.25) is 0 Å². The summed E-state index contributed by atoms with van der Waals surface area (Å²) in [6.07, 6.45) is 4.35. The standard InChI is InChI=1S/C12H17N.C3H6O.C2H5NO.C2H6/c1-3-10-6-7-11-5-4-8-13(2)12(11)9-10;1-3(2)4;3-1-2-4;1-2/h6-7,9H,3-5,8H2,1-2H3;1-2H3;2H,1,3H2;1-2H3. The van der Waals surface area contributed by atoms with E-state index < -0.39 is 0 Å². The molecule has 1 aliphatic rings. The number of nitrogens with zero attached hydrogens (tertiary/aromatic N) is 1. The fraction of sp³-hybridized carbons (Fsp3) is 0.579. The Kier molecular flexibility index (Phi) is 15.6. The fourth-order valence-corrected chi connectivity index (χ4v) is 2.02. The lowest BCUT2D eigenvalue weighted by atomic mass is 9.99. The van der Waals surface area contributed by atoms with Gasteiger partial charge in [-0.25, -0.2) is 0 Å². The molecule has 0 bridgehead atoms. The predicted octanol–water partition coefficient (Wildman–Crippen LogP) is 3.40. The Hall–Kier alpha value is -1.68. The normalized spacial score (nSPS) is 11.3. The summed E-state index contributed by atoms with van der Waals surface area (Å²) in [5.74, 6) is 0.167. The van der Waals surface area contributed by atoms with Crippen LogP contribution in [0.15, 0.2) is 18.2 Å². The van der Waals surface area contributed by atoms with Crippen LogP contribution >= 0.6 is 0 Å². The first kappa shape index (κ1) is 23.6. The van der Waals surface area contributed by atoms with Crippen LogP contribution in [-0.2, 0) is 22.4 Å². The molecule has 4 nitrogen and oxygen atoms in total. The molecule has 0 aliphatic carbocycles. The van der Waals surface area contributed by atoms with Crippen LogP contribution in [0.4, 0.5) is 5.69 Å². The average molecular weight is 322 g/mol. The molecule has 0 fully saturated rings. The molecule has 0 radical (unpaired) electrons. The van der Waals surface area contributed by atoms with Crippen molar-refractivity contribution in [2.45, 2.75) is 53.9 Å². The third kappa shape index (κ3) is 11.5. The number of hydrogen-bond acceptors (Lipinski definition) is 4. The molecule has 2 rings (SSSR count). The Morgan fingerprint density at radius 1 is 1.30 bits per heavy atom. The van der Waals surface area contributed by atoms with Gasteiger partial charge in [0.05, 0.1) is 0 Å². The Balaban J connectivity index is 0. The van der Waals surface area contributed by atoms with Crippen molar-refractivity contribution >= 4 is 17.8 Å². The summed E-state index contributed by atoms with van der Waals surface area (Å²) in [6, 6.07) is 6.90. The quantitative estimate of drug-likeness (QED) is 0.848. The van der Waals surface area contributed by atoms with Crippen LogP contribution in [0.3, 0.4) is 0 Å². The molecule has 4 heteroatoms. The summed E-state index contributed by atoms with van der Waals surface area (Å²) in [5.41, 5.74) is 9.08. The predicted molar refractivity (Wildman–Crippen MR) is 100 cm³/mol. The minimum atomic E-state index is 0.139. The van der Waals surface area contributed by atoms with Crippen molar-refractivity contribution in [3.8, 4) is 0 Å². The van der Waals surface area contributed by atoms with E-state index >= 15 is 0 Å². The molecule has 1 aromatic rings. The Morgan fingerprint density at radius 3 is 2.26 bits per heavy atom. The zero-order valence-electron chi connectivity index (χ0n) is 15.7. The number of aryl methyl sites for hydroxylation is 2. The van der Waals surface area contributed by atoms with Crippen LogP contribution in [0.1, 0.15) is 52.2 Å². The molecule has 23 heavy (non-hydrogen) atoms. The van der Waals surface area contributed by atoms with Crippen LogP contribution in [0, 0.1) is 0 Å². The van der Waals surface area contributed by atoms with Gasteiger partial charge in [0, 0.05) is 25.8 Å². The highest BCUT2D eigenvalue weighted by atomic mass is 16.1. The second-order valence-corrected chi connectivity index (χ2v) is 5.15. The SMILES string of the molecule is CC.CC(C)=O.CCc1ccc2c(c1)N(C)CCC2.NCC=O. The van der Waals surface area contributed by atoms with Crippen molar-refractivity contribution in [1.29, 1.82) is 0 Å². The van der Waals surface area contributed by atoms with Crippen molar-refractivity contribution in [3.05, 3.63) is 29.3 Å². The van der Waals surface area contributed by atoms with E-state index in [4.69, 9.17) is 4.79 Å². The highest BCUT2D eigenvalue weighted by Gasteiger charge is 2.12. The van der Waals surface area contributed by atoms with E-state index in [0.717, 1.165) is 6.42 Å². The fourth-order valence-electron chi connectivity index (χ4n) is 2.02. The maximum atomic E-state index is 9.44. The zero-order chi connectivity index (χ0) is 18.3. The van der Waals surface area contributed by atoms with Gasteiger partial charge in [-0.2, -0.15) is 0 Å². The van der Waals surface area contributed by atoms with Crippen molar-refractivity contribution in [2.75, 3.05) is 25.0 Å². The van der Waals surface area contributed by atoms with Crippen molar-refractivity contribution < 1.29 is 9.59 Å². The molecule has 0 atom stereocenters. The summed E-state index contributed by atoms with van der Waals surface area (Å²) in [7, 11) is 2.19. The first-order chi connectivity index (χ1) is 11.0. The van der Waals surface area contributed by atoms with E-state index in [1.807, 2.05) is 13.8 Å². The molecule has 2 N–H and O–H groups in total. The number of benzene rings is 1. The summed E-state index contributed by atoms with van der Waals surface area (Å²) < 4.78 is 0. The van der Waals surface area contributed by atoms with E-state index in [1.54, 1.807) is 0 Å². The summed E-state index contributed by atoms with van der Waals surface area (Å²) in [6.45, 7) is 10.6. The van der Waals surface area contributed by atoms with Crippen LogP contribution < -0.4 is 10.6 Å². The highest BCUT2D eigenvalue weighted by Crippen LogP contribution is 2.26. The van der Waals surface area contributed by atoms with E-state index in [0.29, 0.717) is 6.29 Å². The maximum Gasteiger partial charge on any atom is 0.133 e. The molecule has 0 amide bonds. The Bertz CT molecular complexity index is 441. The lowest BCUT2D eigenvalue weighted by molar-refractivity contribution is -0.115. The molecule has 0 spiro atoms. The minimum absolute atomic E-state index is 0.139. The lowest BCUT2D eigenvalue weighted by Crippen LogP contribution is -2.24. The van der Waals surface area contributed by atoms with Crippen LogP contribution in [-0.4, -0.2) is 32.2 Å². The third-order valence-corrected chi connectivity index (χ3v) is 3.01. The van der Waals surface area contributed by atoms with Gasteiger partial charge in [0.15, 0.2) is 0 Å². The van der Waals surface area contributed by atoms with Crippen LogP contribution in [0.25, 0.3) is 0 Å². The highest BCUT2D eigenvalue weighted by molar-refractivity contribution is 5.72. The summed E-state index contributed by atoms with van der Waals surface area (Å²) in [4.78, 5) is 20.9. The van der Waals surface area contributed by atoms with E-state index in [-0.39, 0.29) is 12.3 Å². The first-order valence-electron chi connectivity index (χ1n) is 8.40. The van der Waals surface area contributed by atoms with Gasteiger partial charge in [-0.05, 0) is 50.3 Å². The van der Waals surface area contributed by atoms with E-state index in [1.165, 1.54) is 50.0 Å². The van der Waals surface area contributed by atoms with Gasteiger partial charge < -0.3 is 20.2 Å². The largest absolute Gasteiger partial charge is 0.374 e. The number of aldehydes is 1.